The van der Waals surface area contributed by atoms with Gasteiger partial charge >= 0.3 is 0 Å². The predicted octanol–water partition coefficient (Wildman–Crippen LogP) is 3.50. The molecule has 0 saturated heterocycles. The standard InChI is InChI=1S/C13H12F2N2O/c1-2-18-11-7-6-9(8-10(11)14)16-13-5-3-4-12(15)17-13/h3-8H,2H2,1H3,(H,16,17). The summed E-state index contributed by atoms with van der Waals surface area (Å²) in [5.41, 5.74) is 0.481. The van der Waals surface area contributed by atoms with Crippen LogP contribution in [0.2, 0.25) is 0 Å². The third kappa shape index (κ3) is 2.94. The lowest BCUT2D eigenvalue weighted by atomic mass is 10.3. The molecule has 3 nitrogen and oxygen atoms in total. The van der Waals surface area contributed by atoms with E-state index in [4.69, 9.17) is 4.74 Å². The molecule has 0 amide bonds. The first kappa shape index (κ1) is 12.3. The molecule has 0 aliphatic heterocycles. The van der Waals surface area contributed by atoms with Crippen molar-refractivity contribution in [1.29, 1.82) is 0 Å². The fraction of sp³-hybridized carbons (Fsp3) is 0.154. The lowest BCUT2D eigenvalue weighted by Crippen LogP contribution is -1.98. The molecular formula is C13H12F2N2O. The van der Waals surface area contributed by atoms with E-state index < -0.39 is 11.8 Å². The fourth-order valence-electron chi connectivity index (χ4n) is 1.48. The van der Waals surface area contributed by atoms with Crippen LogP contribution in [0.5, 0.6) is 5.75 Å². The van der Waals surface area contributed by atoms with Gasteiger partial charge in [-0.2, -0.15) is 4.39 Å². The molecule has 0 unspecified atom stereocenters. The smallest absolute Gasteiger partial charge is 0.214 e. The number of benzene rings is 1. The maximum absolute atomic E-state index is 13.6. The number of hydrogen-bond donors (Lipinski definition) is 1. The van der Waals surface area contributed by atoms with Crippen LogP contribution in [-0.2, 0) is 0 Å². The molecule has 5 heteroatoms. The van der Waals surface area contributed by atoms with Crippen molar-refractivity contribution in [3.8, 4) is 5.75 Å². The van der Waals surface area contributed by atoms with Gasteiger partial charge in [-0.25, -0.2) is 9.37 Å². The van der Waals surface area contributed by atoms with Gasteiger partial charge in [0.25, 0.3) is 0 Å². The molecule has 0 aliphatic carbocycles. The summed E-state index contributed by atoms with van der Waals surface area (Å²) in [6.07, 6.45) is 0. The maximum Gasteiger partial charge on any atom is 0.214 e. The van der Waals surface area contributed by atoms with E-state index in [-0.39, 0.29) is 5.75 Å². The third-order valence-corrected chi connectivity index (χ3v) is 2.22. The fourth-order valence-corrected chi connectivity index (χ4v) is 1.48. The molecule has 0 atom stereocenters. The average molecular weight is 250 g/mol. The molecular weight excluding hydrogens is 238 g/mol. The van der Waals surface area contributed by atoms with Gasteiger partial charge in [0.05, 0.1) is 6.61 Å². The Morgan fingerprint density at radius 3 is 2.72 bits per heavy atom. The Labute approximate surface area is 103 Å². The predicted molar refractivity (Wildman–Crippen MR) is 65.0 cm³/mol. The molecule has 1 aromatic heterocycles. The van der Waals surface area contributed by atoms with Crippen LogP contribution in [0.1, 0.15) is 6.92 Å². The molecule has 1 heterocycles. The minimum atomic E-state index is -0.591. The zero-order valence-corrected chi connectivity index (χ0v) is 9.78. The molecule has 0 saturated carbocycles. The maximum atomic E-state index is 13.6. The van der Waals surface area contributed by atoms with E-state index in [1.54, 1.807) is 19.1 Å². The summed E-state index contributed by atoms with van der Waals surface area (Å²) in [4.78, 5) is 3.63. The highest BCUT2D eigenvalue weighted by Crippen LogP contribution is 2.23. The van der Waals surface area contributed by atoms with Gasteiger partial charge in [0.2, 0.25) is 5.95 Å². The van der Waals surface area contributed by atoms with Gasteiger partial charge in [0.15, 0.2) is 11.6 Å². The van der Waals surface area contributed by atoms with Crippen molar-refractivity contribution in [3.05, 3.63) is 48.2 Å². The number of halogens is 2. The molecule has 1 aromatic carbocycles. The Hall–Kier alpha value is -2.17. The van der Waals surface area contributed by atoms with Crippen LogP contribution < -0.4 is 10.1 Å². The number of pyridine rings is 1. The van der Waals surface area contributed by atoms with E-state index in [2.05, 4.69) is 10.3 Å². The largest absolute Gasteiger partial charge is 0.491 e. The summed E-state index contributed by atoms with van der Waals surface area (Å²) < 4.78 is 31.5. The summed E-state index contributed by atoms with van der Waals surface area (Å²) >= 11 is 0. The number of ether oxygens (including phenoxy) is 1. The number of aromatic nitrogens is 1. The normalized spacial score (nSPS) is 10.2. The van der Waals surface area contributed by atoms with Gasteiger partial charge in [-0.3, -0.25) is 0 Å². The molecule has 0 aliphatic rings. The molecule has 0 bridgehead atoms. The van der Waals surface area contributed by atoms with Crippen molar-refractivity contribution < 1.29 is 13.5 Å². The van der Waals surface area contributed by atoms with E-state index >= 15 is 0 Å². The highest BCUT2D eigenvalue weighted by Gasteiger charge is 2.05. The monoisotopic (exact) mass is 250 g/mol. The van der Waals surface area contributed by atoms with Crippen LogP contribution in [-0.4, -0.2) is 11.6 Å². The van der Waals surface area contributed by atoms with Gasteiger partial charge in [0.1, 0.15) is 5.82 Å². The zero-order chi connectivity index (χ0) is 13.0. The van der Waals surface area contributed by atoms with E-state index in [0.717, 1.165) is 0 Å². The quantitative estimate of drug-likeness (QED) is 0.843. The summed E-state index contributed by atoms with van der Waals surface area (Å²) in [5, 5.41) is 2.81. The lowest BCUT2D eigenvalue weighted by molar-refractivity contribution is 0.321. The van der Waals surface area contributed by atoms with E-state index in [1.807, 2.05) is 0 Å². The van der Waals surface area contributed by atoms with E-state index in [1.165, 1.54) is 24.3 Å². The highest BCUT2D eigenvalue weighted by molar-refractivity contribution is 5.57. The van der Waals surface area contributed by atoms with Gasteiger partial charge in [-0.15, -0.1) is 0 Å². The third-order valence-electron chi connectivity index (χ3n) is 2.22. The highest BCUT2D eigenvalue weighted by atomic mass is 19.1. The summed E-state index contributed by atoms with van der Waals surface area (Å²) in [7, 11) is 0. The van der Waals surface area contributed by atoms with Crippen molar-refractivity contribution in [2.75, 3.05) is 11.9 Å². The van der Waals surface area contributed by atoms with Crippen LogP contribution in [0, 0.1) is 11.8 Å². The lowest BCUT2D eigenvalue weighted by Gasteiger charge is -2.08. The second kappa shape index (κ2) is 5.44. The molecule has 2 rings (SSSR count). The van der Waals surface area contributed by atoms with Crippen molar-refractivity contribution in [1.82, 2.24) is 4.98 Å². The molecule has 2 aromatic rings. The van der Waals surface area contributed by atoms with E-state index in [9.17, 15) is 8.78 Å². The molecule has 1 N–H and O–H groups in total. The SMILES string of the molecule is CCOc1ccc(Nc2cccc(F)n2)cc1F. The summed E-state index contributed by atoms with van der Waals surface area (Å²) in [6, 6.07) is 8.79. The number of hydrogen-bond acceptors (Lipinski definition) is 3. The van der Waals surface area contributed by atoms with Crippen LogP contribution in [0.3, 0.4) is 0 Å². The minimum Gasteiger partial charge on any atom is -0.491 e. The number of anilines is 2. The molecule has 0 spiro atoms. The van der Waals surface area contributed by atoms with Crippen LogP contribution >= 0.6 is 0 Å². The Kier molecular flexibility index (Phi) is 3.72. The van der Waals surface area contributed by atoms with Crippen molar-refractivity contribution in [2.45, 2.75) is 6.92 Å². The number of rotatable bonds is 4. The summed E-state index contributed by atoms with van der Waals surface area (Å²) in [5.74, 6) is -0.557. The van der Waals surface area contributed by atoms with Gasteiger partial charge in [0, 0.05) is 11.8 Å². The Morgan fingerprint density at radius 1 is 1.22 bits per heavy atom. The topological polar surface area (TPSA) is 34.1 Å². The van der Waals surface area contributed by atoms with Crippen LogP contribution in [0.25, 0.3) is 0 Å². The van der Waals surface area contributed by atoms with Gasteiger partial charge in [-0.05, 0) is 31.2 Å². The molecule has 18 heavy (non-hydrogen) atoms. The molecule has 94 valence electrons. The second-order valence-electron chi connectivity index (χ2n) is 3.55. The number of nitrogens with one attached hydrogen (secondary N) is 1. The Balaban J connectivity index is 2.17. The first-order valence-electron chi connectivity index (χ1n) is 5.51. The van der Waals surface area contributed by atoms with Crippen LogP contribution in [0.4, 0.5) is 20.3 Å². The van der Waals surface area contributed by atoms with Crippen molar-refractivity contribution in [2.24, 2.45) is 0 Å². The Bertz CT molecular complexity index is 546. The van der Waals surface area contributed by atoms with Gasteiger partial charge < -0.3 is 10.1 Å². The van der Waals surface area contributed by atoms with Crippen LogP contribution in [0.15, 0.2) is 36.4 Å². The van der Waals surface area contributed by atoms with Crippen molar-refractivity contribution in [3.63, 3.8) is 0 Å². The zero-order valence-electron chi connectivity index (χ0n) is 9.78. The average Bonchev–Trinajstić information content (AvgIpc) is 2.33. The molecule has 0 radical (unpaired) electrons. The second-order valence-corrected chi connectivity index (χ2v) is 3.55. The first-order chi connectivity index (χ1) is 8.69. The summed E-state index contributed by atoms with van der Waals surface area (Å²) in [6.45, 7) is 2.18. The number of nitrogens with zero attached hydrogens (tertiary/aromatic N) is 1. The van der Waals surface area contributed by atoms with Gasteiger partial charge in [-0.1, -0.05) is 6.07 Å². The van der Waals surface area contributed by atoms with Crippen molar-refractivity contribution >= 4 is 11.5 Å². The first-order valence-corrected chi connectivity index (χ1v) is 5.51. The minimum absolute atomic E-state index is 0.190. The Morgan fingerprint density at radius 2 is 2.06 bits per heavy atom. The van der Waals surface area contributed by atoms with E-state index in [0.29, 0.717) is 18.1 Å². The molecule has 0 fully saturated rings.